The molecular formula is C16H26N4O. The van der Waals surface area contributed by atoms with Crippen molar-refractivity contribution in [2.45, 2.75) is 13.3 Å². The minimum atomic E-state index is 0.0672. The second-order valence-corrected chi connectivity index (χ2v) is 5.82. The normalized spacial score (nSPS) is 16.3. The number of nitrogens with one attached hydrogen (secondary N) is 2. The molecule has 0 bridgehead atoms. The van der Waals surface area contributed by atoms with Crippen LogP contribution >= 0.6 is 0 Å². The number of rotatable bonds is 4. The van der Waals surface area contributed by atoms with Crippen molar-refractivity contribution >= 4 is 17.3 Å². The highest BCUT2D eigenvalue weighted by Gasteiger charge is 2.13. The van der Waals surface area contributed by atoms with Gasteiger partial charge in [0.1, 0.15) is 0 Å². The van der Waals surface area contributed by atoms with Crippen molar-refractivity contribution in [3.8, 4) is 0 Å². The van der Waals surface area contributed by atoms with Crippen molar-refractivity contribution in [1.82, 2.24) is 10.2 Å². The van der Waals surface area contributed by atoms with Crippen LogP contribution in [-0.2, 0) is 4.79 Å². The first-order valence-corrected chi connectivity index (χ1v) is 7.57. The summed E-state index contributed by atoms with van der Waals surface area (Å²) in [5, 5.41) is 6.37. The van der Waals surface area contributed by atoms with E-state index in [1.165, 1.54) is 0 Å². The van der Waals surface area contributed by atoms with Gasteiger partial charge >= 0.3 is 0 Å². The highest BCUT2D eigenvalue weighted by Crippen LogP contribution is 2.21. The van der Waals surface area contributed by atoms with Crippen LogP contribution in [0.5, 0.6) is 0 Å². The minimum absolute atomic E-state index is 0.0672. The lowest BCUT2D eigenvalue weighted by Gasteiger charge is -2.20. The summed E-state index contributed by atoms with van der Waals surface area (Å²) < 4.78 is 0. The van der Waals surface area contributed by atoms with Gasteiger partial charge in [0.15, 0.2) is 0 Å². The molecule has 2 rings (SSSR count). The zero-order valence-electron chi connectivity index (χ0n) is 13.3. The summed E-state index contributed by atoms with van der Waals surface area (Å²) >= 11 is 0. The molecule has 1 heterocycles. The van der Waals surface area contributed by atoms with Crippen molar-refractivity contribution in [3.63, 3.8) is 0 Å². The highest BCUT2D eigenvalue weighted by atomic mass is 16.2. The van der Waals surface area contributed by atoms with Gasteiger partial charge in [-0.15, -0.1) is 0 Å². The van der Waals surface area contributed by atoms with Crippen LogP contribution in [0.25, 0.3) is 0 Å². The topological polar surface area (TPSA) is 47.6 Å². The van der Waals surface area contributed by atoms with Crippen LogP contribution in [0.1, 0.15) is 12.0 Å². The third-order valence-electron chi connectivity index (χ3n) is 3.80. The summed E-state index contributed by atoms with van der Waals surface area (Å²) in [7, 11) is 4.03. The van der Waals surface area contributed by atoms with E-state index < -0.39 is 0 Å². The smallest absolute Gasteiger partial charge is 0.238 e. The molecule has 21 heavy (non-hydrogen) atoms. The summed E-state index contributed by atoms with van der Waals surface area (Å²) in [4.78, 5) is 16.4. The van der Waals surface area contributed by atoms with Crippen LogP contribution in [0.4, 0.5) is 11.4 Å². The summed E-state index contributed by atoms with van der Waals surface area (Å²) in [6.07, 6.45) is 1.10. The molecule has 1 aliphatic rings. The van der Waals surface area contributed by atoms with Crippen molar-refractivity contribution in [2.75, 3.05) is 57.0 Å². The fourth-order valence-electron chi connectivity index (χ4n) is 2.52. The number of hydrogen-bond donors (Lipinski definition) is 2. The van der Waals surface area contributed by atoms with Gasteiger partial charge in [0.2, 0.25) is 5.91 Å². The van der Waals surface area contributed by atoms with Crippen molar-refractivity contribution in [2.24, 2.45) is 0 Å². The maximum atomic E-state index is 12.2. The molecule has 0 saturated carbocycles. The van der Waals surface area contributed by atoms with Gasteiger partial charge < -0.3 is 15.5 Å². The Morgan fingerprint density at radius 2 is 2.14 bits per heavy atom. The quantitative estimate of drug-likeness (QED) is 0.877. The van der Waals surface area contributed by atoms with Gasteiger partial charge in [0.05, 0.1) is 6.54 Å². The average Bonchev–Trinajstić information content (AvgIpc) is 2.69. The Bertz CT molecular complexity index is 479. The monoisotopic (exact) mass is 290 g/mol. The second kappa shape index (κ2) is 7.43. The zero-order chi connectivity index (χ0) is 15.2. The van der Waals surface area contributed by atoms with Gasteiger partial charge in [-0.2, -0.15) is 0 Å². The number of amides is 1. The van der Waals surface area contributed by atoms with Crippen LogP contribution in [0, 0.1) is 6.92 Å². The molecule has 1 amide bonds. The third-order valence-corrected chi connectivity index (χ3v) is 3.80. The number of anilines is 2. The fraction of sp³-hybridized carbons (Fsp3) is 0.562. The van der Waals surface area contributed by atoms with E-state index >= 15 is 0 Å². The number of carbonyl (C=O) groups excluding carboxylic acids is 1. The molecule has 0 aliphatic carbocycles. The molecule has 0 unspecified atom stereocenters. The lowest BCUT2D eigenvalue weighted by Crippen LogP contribution is -2.35. The Morgan fingerprint density at radius 3 is 2.86 bits per heavy atom. The Hall–Kier alpha value is -1.59. The fourth-order valence-corrected chi connectivity index (χ4v) is 2.52. The van der Waals surface area contributed by atoms with E-state index in [9.17, 15) is 4.79 Å². The molecule has 1 fully saturated rings. The van der Waals surface area contributed by atoms with Crippen LogP contribution < -0.4 is 15.5 Å². The number of carbonyl (C=O) groups is 1. The molecule has 0 radical (unpaired) electrons. The molecule has 0 atom stereocenters. The Kier molecular flexibility index (Phi) is 5.59. The maximum Gasteiger partial charge on any atom is 0.238 e. The summed E-state index contributed by atoms with van der Waals surface area (Å²) in [6.45, 7) is 6.42. The minimum Gasteiger partial charge on any atom is -0.378 e. The van der Waals surface area contributed by atoms with E-state index in [0.717, 1.165) is 49.5 Å². The largest absolute Gasteiger partial charge is 0.378 e. The molecule has 5 nitrogen and oxygen atoms in total. The number of hydrogen-bond acceptors (Lipinski definition) is 4. The molecule has 5 heteroatoms. The number of benzene rings is 1. The van der Waals surface area contributed by atoms with E-state index in [1.54, 1.807) is 0 Å². The number of aryl methyl sites for hydroxylation is 1. The second-order valence-electron chi connectivity index (χ2n) is 5.82. The van der Waals surface area contributed by atoms with Gasteiger partial charge in [-0.05, 0) is 50.2 Å². The molecule has 0 spiro atoms. The Morgan fingerprint density at radius 1 is 1.33 bits per heavy atom. The first-order chi connectivity index (χ1) is 10.1. The van der Waals surface area contributed by atoms with Crippen LogP contribution in [0.3, 0.4) is 0 Å². The zero-order valence-corrected chi connectivity index (χ0v) is 13.3. The predicted molar refractivity (Wildman–Crippen MR) is 88.1 cm³/mol. The first kappa shape index (κ1) is 15.8. The molecule has 116 valence electrons. The lowest BCUT2D eigenvalue weighted by molar-refractivity contribution is -0.117. The highest BCUT2D eigenvalue weighted by molar-refractivity contribution is 5.93. The molecule has 1 aromatic carbocycles. The van der Waals surface area contributed by atoms with Gasteiger partial charge in [-0.1, -0.05) is 0 Å². The van der Waals surface area contributed by atoms with E-state index in [2.05, 4.69) is 26.5 Å². The molecule has 1 aromatic rings. The Balaban J connectivity index is 1.92. The van der Waals surface area contributed by atoms with Gasteiger partial charge in [-0.3, -0.25) is 9.69 Å². The lowest BCUT2D eigenvalue weighted by atomic mass is 10.1. The standard InChI is InChI=1S/C16H26N4O/c1-13-11-14(19(2)3)5-6-15(13)18-16(21)12-20-9-4-7-17-8-10-20/h5-6,11,17H,4,7-10,12H2,1-3H3,(H,18,21). The van der Waals surface area contributed by atoms with E-state index in [-0.39, 0.29) is 5.91 Å². The molecule has 1 saturated heterocycles. The summed E-state index contributed by atoms with van der Waals surface area (Å²) in [5.41, 5.74) is 3.13. The van der Waals surface area contributed by atoms with Gasteiger partial charge in [0, 0.05) is 38.6 Å². The first-order valence-electron chi connectivity index (χ1n) is 7.57. The van der Waals surface area contributed by atoms with Crippen molar-refractivity contribution in [1.29, 1.82) is 0 Å². The molecule has 2 N–H and O–H groups in total. The van der Waals surface area contributed by atoms with Crippen LogP contribution in [0.15, 0.2) is 18.2 Å². The number of nitrogens with zero attached hydrogens (tertiary/aromatic N) is 2. The Labute approximate surface area is 127 Å². The van der Waals surface area contributed by atoms with Gasteiger partial charge in [-0.25, -0.2) is 0 Å². The molecule has 0 aromatic heterocycles. The summed E-state index contributed by atoms with van der Waals surface area (Å²) in [5.74, 6) is 0.0672. The molecule has 1 aliphatic heterocycles. The summed E-state index contributed by atoms with van der Waals surface area (Å²) in [6, 6.07) is 6.09. The van der Waals surface area contributed by atoms with Crippen molar-refractivity contribution in [3.05, 3.63) is 23.8 Å². The van der Waals surface area contributed by atoms with Gasteiger partial charge in [0.25, 0.3) is 0 Å². The van der Waals surface area contributed by atoms with E-state index in [4.69, 9.17) is 0 Å². The predicted octanol–water partition coefficient (Wildman–Crippen LogP) is 1.29. The molecular weight excluding hydrogens is 264 g/mol. The van der Waals surface area contributed by atoms with Crippen LogP contribution in [-0.4, -0.2) is 57.6 Å². The van der Waals surface area contributed by atoms with Crippen LogP contribution in [0.2, 0.25) is 0 Å². The average molecular weight is 290 g/mol. The van der Waals surface area contributed by atoms with E-state index in [0.29, 0.717) is 6.54 Å². The van der Waals surface area contributed by atoms with E-state index in [1.807, 2.05) is 33.2 Å². The van der Waals surface area contributed by atoms with Crippen molar-refractivity contribution < 1.29 is 4.79 Å². The third kappa shape index (κ3) is 4.72. The maximum absolute atomic E-state index is 12.2. The SMILES string of the molecule is Cc1cc(N(C)C)ccc1NC(=O)CN1CCCNCC1.